The highest BCUT2D eigenvalue weighted by molar-refractivity contribution is 9.11. The third-order valence-electron chi connectivity index (χ3n) is 13.7. The van der Waals surface area contributed by atoms with Crippen LogP contribution in [-0.2, 0) is 11.0 Å². The van der Waals surface area contributed by atoms with Gasteiger partial charge in [-0.3, -0.25) is 4.79 Å². The topological polar surface area (TPSA) is 37.3 Å². The zero-order valence-corrected chi connectivity index (χ0v) is 46.8. The van der Waals surface area contributed by atoms with E-state index in [1.807, 2.05) is 170 Å². The zero-order valence-electron chi connectivity index (χ0n) is 40.5. The number of hydrogen-bond donors (Lipinski definition) is 1. The maximum atomic E-state index is 11.9. The van der Waals surface area contributed by atoms with E-state index in [4.69, 9.17) is 0 Å². The van der Waals surface area contributed by atoms with Gasteiger partial charge in [-0.15, -0.1) is 0 Å². The van der Waals surface area contributed by atoms with Gasteiger partial charge in [0.1, 0.15) is 5.60 Å². The van der Waals surface area contributed by atoms with E-state index >= 15 is 0 Å². The molecular weight excluding hydrogens is 1180 g/mol. The molecule has 0 radical (unpaired) electrons. The lowest BCUT2D eigenvalue weighted by molar-refractivity contribution is 0.104. The predicted octanol–water partition coefficient (Wildman–Crippen LogP) is 19.3. The molecule has 0 amide bonds. The number of carbonyl (C=O) groups excluding carboxylic acids is 1. The third-order valence-corrected chi connectivity index (χ3v) is 15.6. The number of ketones is 1. The Morgan fingerprint density at radius 1 is 0.253 bits per heavy atom. The smallest absolute Gasteiger partial charge is 0.194 e. The Morgan fingerprint density at radius 2 is 0.533 bits per heavy atom. The van der Waals surface area contributed by atoms with Crippen LogP contribution < -0.4 is 0 Å². The van der Waals surface area contributed by atoms with Crippen LogP contribution in [0, 0.1) is 0 Å². The lowest BCUT2D eigenvalue weighted by Gasteiger charge is -2.34. The second-order valence-electron chi connectivity index (χ2n) is 18.0. The first-order valence-corrected chi connectivity index (χ1v) is 27.7. The van der Waals surface area contributed by atoms with Gasteiger partial charge in [0.15, 0.2) is 5.78 Å². The molecule has 0 atom stereocenters. The van der Waals surface area contributed by atoms with Crippen molar-refractivity contribution in [3.63, 3.8) is 0 Å². The first-order valence-electron chi connectivity index (χ1n) is 24.5. The molecule has 1 N–H and O–H groups in total. The van der Waals surface area contributed by atoms with E-state index in [-0.39, 0.29) is 11.2 Å². The van der Waals surface area contributed by atoms with Gasteiger partial charge in [-0.1, -0.05) is 306 Å². The van der Waals surface area contributed by atoms with Gasteiger partial charge in [-0.25, -0.2) is 0 Å². The molecule has 3 aliphatic carbocycles. The molecule has 6 heteroatoms. The molecule has 11 aromatic carbocycles. The minimum atomic E-state index is -1.09. The van der Waals surface area contributed by atoms with E-state index in [1.165, 1.54) is 33.4 Å². The van der Waals surface area contributed by atoms with Crippen LogP contribution in [0.3, 0.4) is 0 Å². The maximum Gasteiger partial charge on any atom is 0.194 e. The summed E-state index contributed by atoms with van der Waals surface area (Å²) in [4.78, 5) is 11.9. The van der Waals surface area contributed by atoms with Gasteiger partial charge in [0.05, 0.1) is 5.41 Å². The van der Waals surface area contributed by atoms with Crippen LogP contribution in [-0.4, -0.2) is 10.9 Å². The van der Waals surface area contributed by atoms with Crippen LogP contribution in [0.25, 0.3) is 33.4 Å². The molecule has 0 saturated heterocycles. The second kappa shape index (κ2) is 23.2. The Kier molecular flexibility index (Phi) is 15.9. The molecule has 0 aliphatic heterocycles. The Balaban J connectivity index is 0.000000116. The van der Waals surface area contributed by atoms with E-state index in [0.29, 0.717) is 0 Å². The molecule has 0 saturated carbocycles. The first kappa shape index (κ1) is 51.5. The number of halogens is 4. The van der Waals surface area contributed by atoms with Gasteiger partial charge in [0.25, 0.3) is 0 Å². The number of carbonyl (C=O) groups is 1. The first-order chi connectivity index (χ1) is 36.7. The summed E-state index contributed by atoms with van der Waals surface area (Å²) in [6.45, 7) is 0. The Hall–Kier alpha value is -7.03. The molecule has 0 aromatic heterocycles. The SMILES string of the molecule is Brc1cccc(Br)c1.Brc1cccc(C2(c3ccccc3)c3ccccc3-c3ccccc32)c1.O=C1c2ccccc2-c2ccccc21.OC1(c2cccc(Br)c2)c2ccccc2-c2ccccc21.c1ccccc1. The summed E-state index contributed by atoms with van der Waals surface area (Å²) in [5.41, 5.74) is 15.3. The lowest BCUT2D eigenvalue weighted by atomic mass is 9.68. The molecular formula is C69H48Br4O2. The van der Waals surface area contributed by atoms with Gasteiger partial charge in [-0.2, -0.15) is 0 Å². The average molecular weight is 1230 g/mol. The van der Waals surface area contributed by atoms with Crippen molar-refractivity contribution >= 4 is 69.5 Å². The second-order valence-corrected chi connectivity index (χ2v) is 21.7. The highest BCUT2D eigenvalue weighted by Gasteiger charge is 2.46. The molecule has 0 unspecified atom stereocenters. The molecule has 0 heterocycles. The van der Waals surface area contributed by atoms with Crippen molar-refractivity contribution in [1.29, 1.82) is 0 Å². The van der Waals surface area contributed by atoms with E-state index in [1.54, 1.807) is 0 Å². The van der Waals surface area contributed by atoms with Crippen molar-refractivity contribution in [2.45, 2.75) is 11.0 Å². The number of fused-ring (bicyclic) bond motifs is 9. The Labute approximate surface area is 473 Å². The third kappa shape index (κ3) is 10.4. The molecule has 0 bridgehead atoms. The van der Waals surface area contributed by atoms with Crippen molar-refractivity contribution in [3.8, 4) is 33.4 Å². The largest absolute Gasteiger partial charge is 0.376 e. The lowest BCUT2D eigenvalue weighted by Crippen LogP contribution is -2.28. The fraction of sp³-hybridized carbons (Fsp3) is 0.0290. The van der Waals surface area contributed by atoms with Crippen LogP contribution in [0.4, 0.5) is 0 Å². The molecule has 2 nitrogen and oxygen atoms in total. The fourth-order valence-corrected chi connectivity index (χ4v) is 12.4. The van der Waals surface area contributed by atoms with Crippen molar-refractivity contribution in [3.05, 3.63) is 353 Å². The van der Waals surface area contributed by atoms with Crippen molar-refractivity contribution in [2.24, 2.45) is 0 Å². The Bertz CT molecular complexity index is 3590. The van der Waals surface area contributed by atoms with E-state index in [2.05, 4.69) is 179 Å². The highest BCUT2D eigenvalue weighted by Crippen LogP contribution is 2.56. The van der Waals surface area contributed by atoms with Crippen LogP contribution in [0.5, 0.6) is 0 Å². The van der Waals surface area contributed by atoms with E-state index in [9.17, 15) is 9.90 Å². The molecule has 364 valence electrons. The molecule has 0 fully saturated rings. The predicted molar refractivity (Wildman–Crippen MR) is 323 cm³/mol. The van der Waals surface area contributed by atoms with E-state index < -0.39 is 5.60 Å². The van der Waals surface area contributed by atoms with Crippen LogP contribution in [0.2, 0.25) is 0 Å². The molecule has 14 rings (SSSR count). The van der Waals surface area contributed by atoms with Crippen molar-refractivity contribution in [2.75, 3.05) is 0 Å². The number of hydrogen-bond acceptors (Lipinski definition) is 2. The number of benzene rings is 11. The van der Waals surface area contributed by atoms with Gasteiger partial charge in [-0.05, 0) is 104 Å². The minimum Gasteiger partial charge on any atom is -0.376 e. The summed E-state index contributed by atoms with van der Waals surface area (Å²) in [6, 6.07) is 96.8. The maximum absolute atomic E-state index is 11.9. The Morgan fingerprint density at radius 3 is 0.933 bits per heavy atom. The molecule has 3 aliphatic rings. The summed E-state index contributed by atoms with van der Waals surface area (Å²) < 4.78 is 4.28. The van der Waals surface area contributed by atoms with Crippen LogP contribution >= 0.6 is 63.7 Å². The fourth-order valence-electron chi connectivity index (χ4n) is 10.5. The molecule has 75 heavy (non-hydrogen) atoms. The monoisotopic (exact) mass is 1220 g/mol. The summed E-state index contributed by atoms with van der Waals surface area (Å²) in [6.07, 6.45) is 0. The molecule has 0 spiro atoms. The standard InChI is InChI=1S/C25H17Br.C19H13BrO.C13H8O.C6H4Br2.C6H6/c26-20-12-8-11-19(17-20)25(18-9-2-1-3-10-18)23-15-6-4-13-21(23)22-14-5-7-16-24(22)25;20-14-7-5-6-13(12-14)19(21)17-10-3-1-8-15(17)16-9-2-4-11-18(16)19;14-13-11-7-3-1-5-9(11)10-6-2-4-8-12(10)13;7-5-2-1-3-6(8)4-5;1-2-4-6-5-3-1/h1-17H;1-12,21H;1-8H;1-4H;1-6H. The molecule has 11 aromatic rings. The van der Waals surface area contributed by atoms with Crippen molar-refractivity contribution < 1.29 is 9.90 Å². The normalized spacial score (nSPS) is 12.8. The van der Waals surface area contributed by atoms with Gasteiger partial charge < -0.3 is 5.11 Å². The number of rotatable bonds is 3. The zero-order chi connectivity index (χ0) is 51.8. The number of aliphatic hydroxyl groups is 1. The quantitative estimate of drug-likeness (QED) is 0.191. The van der Waals surface area contributed by atoms with E-state index in [0.717, 1.165) is 68.0 Å². The summed E-state index contributed by atoms with van der Waals surface area (Å²) in [5, 5.41) is 11.6. The van der Waals surface area contributed by atoms with Crippen LogP contribution in [0.15, 0.2) is 303 Å². The van der Waals surface area contributed by atoms with Crippen molar-refractivity contribution in [1.82, 2.24) is 0 Å². The highest BCUT2D eigenvalue weighted by atomic mass is 79.9. The van der Waals surface area contributed by atoms with Crippen LogP contribution in [0.1, 0.15) is 54.9 Å². The summed E-state index contributed by atoms with van der Waals surface area (Å²) in [5.74, 6) is 0.149. The van der Waals surface area contributed by atoms with Gasteiger partial charge >= 0.3 is 0 Å². The summed E-state index contributed by atoms with van der Waals surface area (Å²) >= 11 is 13.9. The van der Waals surface area contributed by atoms with Gasteiger partial charge in [0, 0.05) is 40.1 Å². The summed E-state index contributed by atoms with van der Waals surface area (Å²) in [7, 11) is 0. The average Bonchev–Trinajstić information content (AvgIpc) is 4.07. The van der Waals surface area contributed by atoms with Gasteiger partial charge in [0.2, 0.25) is 0 Å². The minimum absolute atomic E-state index is 0.149.